The second-order valence-electron chi connectivity index (χ2n) is 1.13. The van der Waals surface area contributed by atoms with E-state index < -0.39 is 15.2 Å². The van der Waals surface area contributed by atoms with Gasteiger partial charge in [-0.3, -0.25) is 0 Å². The zero-order valence-electron chi connectivity index (χ0n) is 3.92. The van der Waals surface area contributed by atoms with E-state index in [0.717, 1.165) is 12.7 Å². The first-order valence-electron chi connectivity index (χ1n) is 2.10. The molecule has 0 rings (SSSR count). The molecule has 0 amide bonds. The molecule has 0 radical (unpaired) electrons. The van der Waals surface area contributed by atoms with Crippen molar-refractivity contribution in [3.05, 3.63) is 0 Å². The Hall–Kier alpha value is 0.00247. The first kappa shape index (κ1) is 7.00. The SMILES string of the molecule is O=CCC[CH2][Cr]=[O]. The molecule has 0 unspecified atom stereocenters. The number of carbonyl (C=O) groups excluding carboxylic acids is 1. The van der Waals surface area contributed by atoms with Gasteiger partial charge < -0.3 is 0 Å². The minimum absolute atomic E-state index is 0.483. The molecule has 0 aliphatic carbocycles. The van der Waals surface area contributed by atoms with Gasteiger partial charge in [-0.1, -0.05) is 0 Å². The second-order valence-corrected chi connectivity index (χ2v) is 2.14. The third-order valence-electron chi connectivity index (χ3n) is 0.550. The van der Waals surface area contributed by atoms with Crippen LogP contribution in [0.4, 0.5) is 0 Å². The van der Waals surface area contributed by atoms with Gasteiger partial charge in [0.1, 0.15) is 0 Å². The molecule has 0 aromatic heterocycles. The summed E-state index contributed by atoms with van der Waals surface area (Å²) in [7, 11) is 0. The first-order valence-corrected chi connectivity index (χ1v) is 3.52. The monoisotopic (exact) mass is 139 g/mol. The molecule has 0 spiro atoms. The summed E-state index contributed by atoms with van der Waals surface area (Å²) < 4.78 is 9.75. The second kappa shape index (κ2) is 6.00. The summed E-state index contributed by atoms with van der Waals surface area (Å²) >= 11 is -0.483. The number of carbonyl (C=O) groups is 1. The van der Waals surface area contributed by atoms with Crippen LogP contribution in [0, 0.1) is 0 Å². The summed E-state index contributed by atoms with van der Waals surface area (Å²) in [5.41, 5.74) is 0. The molecule has 0 aromatic rings. The minimum atomic E-state index is -0.483. The topological polar surface area (TPSA) is 34.1 Å². The van der Waals surface area contributed by atoms with Crippen LogP contribution < -0.4 is 0 Å². The molecule has 3 heteroatoms. The van der Waals surface area contributed by atoms with E-state index in [2.05, 4.69) is 0 Å². The van der Waals surface area contributed by atoms with E-state index >= 15 is 0 Å². The van der Waals surface area contributed by atoms with Crippen molar-refractivity contribution in [3.63, 3.8) is 0 Å². The zero-order valence-corrected chi connectivity index (χ0v) is 5.20. The Balaban J connectivity index is 2.68. The van der Waals surface area contributed by atoms with Gasteiger partial charge in [-0.05, 0) is 0 Å². The van der Waals surface area contributed by atoms with Crippen LogP contribution >= 0.6 is 0 Å². The van der Waals surface area contributed by atoms with Crippen LogP contribution in [0.1, 0.15) is 12.8 Å². The molecule has 7 heavy (non-hydrogen) atoms. The molecule has 0 heterocycles. The third kappa shape index (κ3) is 6.00. The van der Waals surface area contributed by atoms with E-state index in [1.807, 2.05) is 0 Å². The molecular weight excluding hydrogens is 132 g/mol. The van der Waals surface area contributed by atoms with Gasteiger partial charge in [0.2, 0.25) is 0 Å². The average molecular weight is 139 g/mol. The van der Waals surface area contributed by atoms with E-state index in [1.54, 1.807) is 0 Å². The Labute approximate surface area is 48.8 Å². The standard InChI is InChI=1S/C4H7O.Cr.O/c1-2-3-4-5;;/h4H,1-3H2;;. The summed E-state index contributed by atoms with van der Waals surface area (Å²) in [6, 6.07) is 0. The van der Waals surface area contributed by atoms with Crippen molar-refractivity contribution < 1.29 is 23.8 Å². The average Bonchev–Trinajstić information content (AvgIpc) is 1.69. The van der Waals surface area contributed by atoms with Crippen LogP contribution in [-0.4, -0.2) is 6.29 Å². The van der Waals surface area contributed by atoms with Crippen LogP contribution in [0.3, 0.4) is 0 Å². The number of aldehydes is 1. The van der Waals surface area contributed by atoms with Crippen molar-refractivity contribution in [2.24, 2.45) is 0 Å². The molecule has 0 atom stereocenters. The molecule has 0 aliphatic rings. The number of unbranched alkanes of at least 4 members (excludes halogenated alkanes) is 1. The van der Waals surface area contributed by atoms with Gasteiger partial charge >= 0.3 is 48.2 Å². The van der Waals surface area contributed by atoms with Crippen molar-refractivity contribution in [3.8, 4) is 0 Å². The van der Waals surface area contributed by atoms with Gasteiger partial charge in [0.05, 0.1) is 0 Å². The summed E-state index contributed by atoms with van der Waals surface area (Å²) in [6.45, 7) is 0. The Morgan fingerprint density at radius 2 is 2.29 bits per heavy atom. The Bertz CT molecular complexity index is 54.7. The number of hydrogen-bond acceptors (Lipinski definition) is 2. The van der Waals surface area contributed by atoms with Gasteiger partial charge in [-0.15, -0.1) is 0 Å². The molecule has 0 aliphatic heterocycles. The normalized spacial score (nSPS) is 8.00. The Morgan fingerprint density at radius 1 is 1.57 bits per heavy atom. The maximum atomic E-state index is 9.75. The van der Waals surface area contributed by atoms with Gasteiger partial charge in [0, 0.05) is 0 Å². The van der Waals surface area contributed by atoms with E-state index in [0.29, 0.717) is 11.7 Å². The number of rotatable bonds is 4. The molecule has 0 saturated carbocycles. The maximum absolute atomic E-state index is 9.75. The molecule has 0 saturated heterocycles. The zero-order chi connectivity index (χ0) is 5.54. The predicted molar refractivity (Wildman–Crippen MR) is 20.8 cm³/mol. The van der Waals surface area contributed by atoms with Gasteiger partial charge in [0.15, 0.2) is 0 Å². The van der Waals surface area contributed by atoms with Gasteiger partial charge in [-0.25, -0.2) is 0 Å². The summed E-state index contributed by atoms with van der Waals surface area (Å²) in [4.78, 5) is 9.58. The van der Waals surface area contributed by atoms with Crippen LogP contribution in [0.2, 0.25) is 5.28 Å². The molecule has 41 valence electrons. The van der Waals surface area contributed by atoms with E-state index in [-0.39, 0.29) is 0 Å². The predicted octanol–water partition coefficient (Wildman–Crippen LogP) is 0.812. The molecule has 0 fully saturated rings. The first-order chi connectivity index (χ1) is 3.41. The van der Waals surface area contributed by atoms with E-state index in [1.165, 1.54) is 0 Å². The molecule has 0 N–H and O–H groups in total. The van der Waals surface area contributed by atoms with Crippen LogP contribution in [0.15, 0.2) is 0 Å². The molecule has 0 aromatic carbocycles. The van der Waals surface area contributed by atoms with Crippen molar-refractivity contribution in [2.75, 3.05) is 0 Å². The van der Waals surface area contributed by atoms with Gasteiger partial charge in [0.25, 0.3) is 0 Å². The fourth-order valence-corrected chi connectivity index (χ4v) is 0.670. The van der Waals surface area contributed by atoms with Crippen molar-refractivity contribution in [1.82, 2.24) is 0 Å². The van der Waals surface area contributed by atoms with Crippen molar-refractivity contribution >= 4 is 6.29 Å². The van der Waals surface area contributed by atoms with Gasteiger partial charge in [-0.2, -0.15) is 0 Å². The van der Waals surface area contributed by atoms with Crippen molar-refractivity contribution in [1.29, 1.82) is 0 Å². The fraction of sp³-hybridized carbons (Fsp3) is 0.750. The molecule has 2 nitrogen and oxygen atoms in total. The van der Waals surface area contributed by atoms with Crippen LogP contribution in [0.5, 0.6) is 0 Å². The van der Waals surface area contributed by atoms with Crippen LogP contribution in [-0.2, 0) is 23.8 Å². The summed E-state index contributed by atoms with van der Waals surface area (Å²) in [5.74, 6) is 0. The number of hydrogen-bond donors (Lipinski definition) is 0. The quantitative estimate of drug-likeness (QED) is 0.426. The van der Waals surface area contributed by atoms with Crippen LogP contribution in [0.25, 0.3) is 0 Å². The Kier molecular flexibility index (Phi) is 6.00. The Morgan fingerprint density at radius 3 is 2.71 bits per heavy atom. The third-order valence-corrected chi connectivity index (χ3v) is 1.26. The molecular formula is C4H7CrO2. The molecule has 0 bridgehead atoms. The fourth-order valence-electron chi connectivity index (χ4n) is 0.226. The van der Waals surface area contributed by atoms with Crippen molar-refractivity contribution in [2.45, 2.75) is 18.1 Å². The van der Waals surface area contributed by atoms with E-state index in [4.69, 9.17) is 0 Å². The summed E-state index contributed by atoms with van der Waals surface area (Å²) in [6.07, 6.45) is 2.20. The summed E-state index contributed by atoms with van der Waals surface area (Å²) in [5, 5.41) is 0.700. The van der Waals surface area contributed by atoms with E-state index in [9.17, 15) is 8.60 Å².